The van der Waals surface area contributed by atoms with Crippen LogP contribution in [0.2, 0.25) is 5.02 Å². The highest BCUT2D eigenvalue weighted by Crippen LogP contribution is 2.24. The molecule has 0 heterocycles. The van der Waals surface area contributed by atoms with Gasteiger partial charge in [-0.2, -0.15) is 5.10 Å². The van der Waals surface area contributed by atoms with Crippen molar-refractivity contribution in [2.75, 3.05) is 7.11 Å². The summed E-state index contributed by atoms with van der Waals surface area (Å²) in [7, 11) is 1.58. The Balaban J connectivity index is 2.01. The molecule has 1 atom stereocenters. The van der Waals surface area contributed by atoms with Gasteiger partial charge in [0.2, 0.25) is 0 Å². The van der Waals surface area contributed by atoms with Crippen molar-refractivity contribution in [3.05, 3.63) is 63.1 Å². The average Bonchev–Trinajstić information content (AvgIpc) is 2.66. The molecule has 0 aromatic heterocycles. The van der Waals surface area contributed by atoms with E-state index in [1.54, 1.807) is 37.4 Å². The van der Waals surface area contributed by atoms with Gasteiger partial charge in [-0.3, -0.25) is 9.59 Å². The zero-order valence-electron chi connectivity index (χ0n) is 15.7. The summed E-state index contributed by atoms with van der Waals surface area (Å²) in [5.74, 6) is -0.178. The number of halogens is 2. The first-order valence-corrected chi connectivity index (χ1v) is 9.71. The minimum atomic E-state index is -0.733. The second-order valence-corrected chi connectivity index (χ2v) is 7.62. The molecule has 0 fully saturated rings. The summed E-state index contributed by atoms with van der Waals surface area (Å²) in [6.45, 7) is 3.69. The quantitative estimate of drug-likeness (QED) is 0.478. The minimum absolute atomic E-state index is 0.124. The first kappa shape index (κ1) is 21.9. The monoisotopic (exact) mass is 465 g/mol. The van der Waals surface area contributed by atoms with E-state index in [0.29, 0.717) is 16.3 Å². The van der Waals surface area contributed by atoms with Gasteiger partial charge in [0.25, 0.3) is 11.8 Å². The molecule has 8 heteroatoms. The van der Waals surface area contributed by atoms with Crippen molar-refractivity contribution in [2.24, 2.45) is 11.0 Å². The van der Waals surface area contributed by atoms with Crippen LogP contribution in [0.25, 0.3) is 0 Å². The van der Waals surface area contributed by atoms with Crippen LogP contribution in [0.1, 0.15) is 29.8 Å². The van der Waals surface area contributed by atoms with Crippen molar-refractivity contribution in [1.29, 1.82) is 0 Å². The molecule has 28 heavy (non-hydrogen) atoms. The molecule has 0 aliphatic carbocycles. The van der Waals surface area contributed by atoms with Crippen molar-refractivity contribution < 1.29 is 14.3 Å². The van der Waals surface area contributed by atoms with Crippen molar-refractivity contribution in [1.82, 2.24) is 10.7 Å². The summed E-state index contributed by atoms with van der Waals surface area (Å²) < 4.78 is 5.95. The highest BCUT2D eigenvalue weighted by molar-refractivity contribution is 9.10. The predicted molar refractivity (Wildman–Crippen MR) is 114 cm³/mol. The fourth-order valence-electron chi connectivity index (χ4n) is 2.36. The number of hydrazone groups is 1. The van der Waals surface area contributed by atoms with Gasteiger partial charge in [0.15, 0.2) is 0 Å². The fourth-order valence-corrected chi connectivity index (χ4v) is 3.05. The number of ether oxygens (including phenoxy) is 1. The van der Waals surface area contributed by atoms with Crippen LogP contribution in [0.15, 0.2) is 52.0 Å². The maximum atomic E-state index is 12.5. The lowest BCUT2D eigenvalue weighted by molar-refractivity contribution is -0.123. The Morgan fingerprint density at radius 3 is 2.43 bits per heavy atom. The van der Waals surface area contributed by atoms with Crippen LogP contribution in [0.5, 0.6) is 5.75 Å². The largest absolute Gasteiger partial charge is 0.496 e. The zero-order valence-corrected chi connectivity index (χ0v) is 18.0. The summed E-state index contributed by atoms with van der Waals surface area (Å²) in [6, 6.07) is 11.1. The Labute approximate surface area is 177 Å². The summed E-state index contributed by atoms with van der Waals surface area (Å²) in [6.07, 6.45) is 1.51. The van der Waals surface area contributed by atoms with E-state index in [4.69, 9.17) is 16.3 Å². The highest BCUT2D eigenvalue weighted by Gasteiger charge is 2.24. The van der Waals surface area contributed by atoms with Gasteiger partial charge >= 0.3 is 0 Å². The molecule has 0 bridgehead atoms. The van der Waals surface area contributed by atoms with E-state index in [0.717, 1.165) is 10.0 Å². The Morgan fingerprint density at radius 2 is 1.86 bits per heavy atom. The molecule has 1 unspecified atom stereocenters. The Hall–Kier alpha value is -2.38. The van der Waals surface area contributed by atoms with E-state index in [1.807, 2.05) is 26.0 Å². The van der Waals surface area contributed by atoms with Crippen LogP contribution >= 0.6 is 27.5 Å². The van der Waals surface area contributed by atoms with Gasteiger partial charge in [0, 0.05) is 10.6 Å². The van der Waals surface area contributed by atoms with Crippen LogP contribution in [0, 0.1) is 5.92 Å². The van der Waals surface area contributed by atoms with Crippen LogP contribution in [0.3, 0.4) is 0 Å². The number of amides is 2. The first-order chi connectivity index (χ1) is 13.3. The van der Waals surface area contributed by atoms with E-state index < -0.39 is 11.9 Å². The third-order valence-corrected chi connectivity index (χ3v) is 4.78. The molecule has 2 aromatic carbocycles. The lowest BCUT2D eigenvalue weighted by Gasteiger charge is -2.20. The Kier molecular flexibility index (Phi) is 8.02. The maximum absolute atomic E-state index is 12.5. The van der Waals surface area contributed by atoms with Crippen molar-refractivity contribution in [2.45, 2.75) is 19.9 Å². The van der Waals surface area contributed by atoms with Crippen LogP contribution in [-0.2, 0) is 4.79 Å². The van der Waals surface area contributed by atoms with Gasteiger partial charge in [0.05, 0.1) is 17.8 Å². The topological polar surface area (TPSA) is 79.8 Å². The van der Waals surface area contributed by atoms with Crippen LogP contribution in [0.4, 0.5) is 0 Å². The molecule has 0 saturated heterocycles. The summed E-state index contributed by atoms with van der Waals surface area (Å²) >= 11 is 9.23. The molecule has 148 valence electrons. The number of carbonyl (C=O) groups excluding carboxylic acids is 2. The minimum Gasteiger partial charge on any atom is -0.496 e. The summed E-state index contributed by atoms with van der Waals surface area (Å²) in [5.41, 5.74) is 3.68. The van der Waals surface area contributed by atoms with E-state index in [9.17, 15) is 9.59 Å². The molecule has 0 aliphatic rings. The van der Waals surface area contributed by atoms with Crippen molar-refractivity contribution in [3.63, 3.8) is 0 Å². The van der Waals surface area contributed by atoms with Gasteiger partial charge < -0.3 is 10.1 Å². The van der Waals surface area contributed by atoms with Gasteiger partial charge in [-0.05, 0) is 69.9 Å². The molecule has 2 rings (SSSR count). The fraction of sp³-hybridized carbons (Fsp3) is 0.250. The molecule has 6 nitrogen and oxygen atoms in total. The Bertz CT molecular complexity index is 869. The molecular formula is C20H21BrClN3O3. The van der Waals surface area contributed by atoms with Gasteiger partial charge in [-0.15, -0.1) is 0 Å². The van der Waals surface area contributed by atoms with E-state index in [1.165, 1.54) is 6.21 Å². The summed E-state index contributed by atoms with van der Waals surface area (Å²) in [4.78, 5) is 24.9. The second-order valence-electron chi connectivity index (χ2n) is 6.33. The normalized spacial score (nSPS) is 12.1. The maximum Gasteiger partial charge on any atom is 0.262 e. The highest BCUT2D eigenvalue weighted by atomic mass is 79.9. The third-order valence-electron chi connectivity index (χ3n) is 3.91. The van der Waals surface area contributed by atoms with E-state index in [-0.39, 0.29) is 11.8 Å². The lowest BCUT2D eigenvalue weighted by atomic mass is 10.0. The van der Waals surface area contributed by atoms with Crippen LogP contribution in [-0.4, -0.2) is 31.2 Å². The number of rotatable bonds is 7. The predicted octanol–water partition coefficient (Wildman–Crippen LogP) is 4.02. The average molecular weight is 467 g/mol. The number of hydrogen-bond acceptors (Lipinski definition) is 4. The number of carbonyl (C=O) groups is 2. The molecular weight excluding hydrogens is 446 g/mol. The summed E-state index contributed by atoms with van der Waals surface area (Å²) in [5, 5.41) is 7.25. The molecule has 0 saturated carbocycles. The molecule has 0 spiro atoms. The number of nitrogens with zero attached hydrogens (tertiary/aromatic N) is 1. The van der Waals surface area contributed by atoms with Gasteiger partial charge in [-0.1, -0.05) is 25.4 Å². The molecule has 0 radical (unpaired) electrons. The molecule has 0 aliphatic heterocycles. The number of benzene rings is 2. The van der Waals surface area contributed by atoms with E-state index >= 15 is 0 Å². The van der Waals surface area contributed by atoms with E-state index in [2.05, 4.69) is 31.8 Å². The second kappa shape index (κ2) is 10.2. The third kappa shape index (κ3) is 6.07. The van der Waals surface area contributed by atoms with Gasteiger partial charge in [0.1, 0.15) is 11.8 Å². The standard InChI is InChI=1S/C20H21BrClN3O3/c1-12(2)18(24-19(26)14-5-7-15(22)8-6-14)20(27)25-23-11-13-4-9-17(28-3)16(21)10-13/h4-12,18H,1-3H3,(H,24,26)(H,25,27). The zero-order chi connectivity index (χ0) is 20.7. The number of nitrogens with one attached hydrogen (secondary N) is 2. The van der Waals surface area contributed by atoms with Crippen molar-refractivity contribution >= 4 is 45.6 Å². The lowest BCUT2D eigenvalue weighted by Crippen LogP contribution is -2.48. The SMILES string of the molecule is COc1ccc(C=NNC(=O)C(NC(=O)c2ccc(Cl)cc2)C(C)C)cc1Br. The number of methoxy groups -OCH3 is 1. The van der Waals surface area contributed by atoms with Crippen molar-refractivity contribution in [3.8, 4) is 5.75 Å². The first-order valence-electron chi connectivity index (χ1n) is 8.54. The molecule has 2 aromatic rings. The van der Waals surface area contributed by atoms with Gasteiger partial charge in [-0.25, -0.2) is 5.43 Å². The Morgan fingerprint density at radius 1 is 1.18 bits per heavy atom. The van der Waals surface area contributed by atoms with Crippen LogP contribution < -0.4 is 15.5 Å². The molecule has 2 N–H and O–H groups in total. The molecule has 2 amide bonds. The smallest absolute Gasteiger partial charge is 0.262 e. The number of hydrogen-bond donors (Lipinski definition) is 2.